The van der Waals surface area contributed by atoms with Crippen molar-refractivity contribution >= 4 is 55.2 Å². The molecule has 2 saturated carbocycles. The molecule has 0 atom stereocenters. The Morgan fingerprint density at radius 3 is 1.13 bits per heavy atom. The molecule has 0 heterocycles. The molecule has 8 nitrogen and oxygen atoms in total. The van der Waals surface area contributed by atoms with Crippen LogP contribution in [0.3, 0.4) is 0 Å². The van der Waals surface area contributed by atoms with Crippen LogP contribution in [0.2, 0.25) is 0 Å². The summed E-state index contributed by atoms with van der Waals surface area (Å²) in [6.07, 6.45) is 16.4. The van der Waals surface area contributed by atoms with E-state index in [4.69, 9.17) is 0 Å². The summed E-state index contributed by atoms with van der Waals surface area (Å²) in [4.78, 5) is 9.48. The van der Waals surface area contributed by atoms with Crippen LogP contribution in [0.25, 0.3) is 9.44 Å². The largest absolute Gasteiger partial charge is 2.00 e. The summed E-state index contributed by atoms with van der Waals surface area (Å²) in [5.74, 6) is 1.33. The van der Waals surface area contributed by atoms with Crippen molar-refractivity contribution in [3.8, 4) is 0 Å². The van der Waals surface area contributed by atoms with Gasteiger partial charge in [-0.3, -0.25) is 9.98 Å². The molecule has 11 heteroatoms. The van der Waals surface area contributed by atoms with E-state index in [1.165, 1.54) is 75.3 Å². The molecule has 329 valence electrons. The fraction of sp³-hybridized carbons (Fsp3) is 0.269. The number of hydrogen-bond donors (Lipinski definition) is 0. The first kappa shape index (κ1) is 47.2. The van der Waals surface area contributed by atoms with Gasteiger partial charge < -0.3 is 9.44 Å². The number of benzene rings is 6. The van der Waals surface area contributed by atoms with Crippen LogP contribution in [-0.4, -0.2) is 29.3 Å². The fourth-order valence-electron chi connectivity index (χ4n) is 7.97. The minimum atomic E-state index is -3.79. The Balaban J connectivity index is 0.000000206. The van der Waals surface area contributed by atoms with E-state index in [1.54, 1.807) is 85.2 Å². The zero-order valence-electron chi connectivity index (χ0n) is 35.8. The molecule has 0 spiro atoms. The van der Waals surface area contributed by atoms with E-state index in [1.807, 2.05) is 62.4 Å². The third-order valence-electron chi connectivity index (χ3n) is 11.6. The van der Waals surface area contributed by atoms with Crippen LogP contribution in [-0.2, 0) is 37.1 Å². The first-order valence-corrected chi connectivity index (χ1v) is 24.5. The van der Waals surface area contributed by atoms with Crippen molar-refractivity contribution in [2.75, 3.05) is 0 Å². The van der Waals surface area contributed by atoms with Gasteiger partial charge in [0.2, 0.25) is 0 Å². The predicted octanol–water partition coefficient (Wildman–Crippen LogP) is 14.4. The Morgan fingerprint density at radius 2 is 0.778 bits per heavy atom. The number of hydrogen-bond acceptors (Lipinski definition) is 6. The van der Waals surface area contributed by atoms with Gasteiger partial charge in [-0.05, 0) is 122 Å². The molecule has 63 heavy (non-hydrogen) atoms. The standard InChI is InChI=1S/2C26H27N2O2S.Cu/c2*1-20-11-17-25(18-12-20)31(29,30)28-26-10-6-5-9-23(26)19-27-24-15-13-22(14-16-24)21-7-3-2-4-8-21;/h2*5-6,9-19,21H,2-4,7-8H2,1H3;/q2*-1;+2. The summed E-state index contributed by atoms with van der Waals surface area (Å²) in [7, 11) is -7.58. The fourth-order valence-corrected chi connectivity index (χ4v) is 9.99. The van der Waals surface area contributed by atoms with Crippen molar-refractivity contribution < 1.29 is 33.9 Å². The molecule has 0 aromatic heterocycles. The van der Waals surface area contributed by atoms with Gasteiger partial charge in [0.15, 0.2) is 0 Å². The van der Waals surface area contributed by atoms with Gasteiger partial charge in [0.1, 0.15) is 20.0 Å². The Morgan fingerprint density at radius 1 is 0.444 bits per heavy atom. The summed E-state index contributed by atoms with van der Waals surface area (Å²) >= 11 is 0. The molecule has 0 aliphatic heterocycles. The van der Waals surface area contributed by atoms with Crippen LogP contribution >= 0.6 is 0 Å². The Hall–Kier alpha value is -5.32. The molecule has 0 N–H and O–H groups in total. The van der Waals surface area contributed by atoms with Crippen molar-refractivity contribution in [3.05, 3.63) is 188 Å². The normalized spacial score (nSPS) is 15.0. The quantitative estimate of drug-likeness (QED) is 0.0896. The summed E-state index contributed by atoms with van der Waals surface area (Å²) in [5.41, 5.74) is 8.55. The van der Waals surface area contributed by atoms with Crippen molar-refractivity contribution in [2.45, 2.75) is 99.7 Å². The Kier molecular flexibility index (Phi) is 16.7. The average Bonchev–Trinajstić information content (AvgIpc) is 3.30. The van der Waals surface area contributed by atoms with E-state index >= 15 is 0 Å². The van der Waals surface area contributed by atoms with Crippen molar-refractivity contribution in [3.63, 3.8) is 0 Å². The Labute approximate surface area is 385 Å². The molecule has 8 rings (SSSR count). The molecule has 0 saturated heterocycles. The molecular formula is C52H54CuN4O4S2. The maximum Gasteiger partial charge on any atom is 2.00 e. The maximum atomic E-state index is 12.7. The molecule has 6 aromatic rings. The molecule has 2 aliphatic rings. The number of nitrogens with zero attached hydrogens (tertiary/aromatic N) is 4. The summed E-state index contributed by atoms with van der Waals surface area (Å²) < 4.78 is 59.0. The van der Waals surface area contributed by atoms with E-state index in [-0.39, 0.29) is 26.9 Å². The molecule has 2 fully saturated rings. The molecule has 0 bridgehead atoms. The molecule has 6 aromatic carbocycles. The maximum absolute atomic E-state index is 12.7. The van der Waals surface area contributed by atoms with Crippen LogP contribution in [0.5, 0.6) is 0 Å². The average molecular weight is 927 g/mol. The molecule has 0 amide bonds. The van der Waals surface area contributed by atoms with Crippen LogP contribution in [0, 0.1) is 13.8 Å². The van der Waals surface area contributed by atoms with Crippen LogP contribution in [0.4, 0.5) is 22.7 Å². The van der Waals surface area contributed by atoms with Crippen LogP contribution in [0.1, 0.15) is 109 Å². The van der Waals surface area contributed by atoms with E-state index in [9.17, 15) is 16.8 Å². The third-order valence-corrected chi connectivity index (χ3v) is 14.2. The first-order valence-electron chi connectivity index (χ1n) is 21.6. The minimum absolute atomic E-state index is 0. The summed E-state index contributed by atoms with van der Waals surface area (Å²) in [5, 5.41) is 0. The van der Waals surface area contributed by atoms with Crippen molar-refractivity contribution in [2.24, 2.45) is 9.98 Å². The number of aliphatic imine (C=N–C) groups is 2. The SMILES string of the molecule is Cc1ccc(S(=O)(=O)[N-]c2ccccc2C=Nc2ccc(C3CCCCC3)cc2)cc1.Cc1ccc(S(=O)(=O)[N-]c2ccccc2C=Nc2ccc(C3CCCCC3)cc2)cc1.[Cu+2]. The zero-order chi connectivity index (χ0) is 43.4. The van der Waals surface area contributed by atoms with Crippen molar-refractivity contribution in [1.29, 1.82) is 0 Å². The first-order chi connectivity index (χ1) is 30.0. The number of sulfonamides is 2. The van der Waals surface area contributed by atoms with Crippen molar-refractivity contribution in [1.82, 2.24) is 0 Å². The van der Waals surface area contributed by atoms with Gasteiger partial charge in [-0.2, -0.15) is 0 Å². The predicted molar refractivity (Wildman–Crippen MR) is 255 cm³/mol. The zero-order valence-corrected chi connectivity index (χ0v) is 38.4. The van der Waals surface area contributed by atoms with E-state index in [2.05, 4.69) is 43.7 Å². The molecule has 2 aliphatic carbocycles. The summed E-state index contributed by atoms with van der Waals surface area (Å²) in [6.45, 7) is 3.84. The molecule has 0 unspecified atom stereocenters. The van der Waals surface area contributed by atoms with Gasteiger partial charge >= 0.3 is 17.1 Å². The number of rotatable bonds is 12. The second kappa shape index (κ2) is 22.3. The topological polar surface area (TPSA) is 121 Å². The van der Waals surface area contributed by atoms with Gasteiger partial charge in [-0.25, -0.2) is 16.8 Å². The van der Waals surface area contributed by atoms with E-state index < -0.39 is 20.0 Å². The third kappa shape index (κ3) is 13.3. The van der Waals surface area contributed by atoms with Gasteiger partial charge in [0.25, 0.3) is 0 Å². The number of aryl methyl sites for hydroxylation is 2. The minimum Gasteiger partial charge on any atom is -0.572 e. The van der Waals surface area contributed by atoms with Crippen LogP contribution < -0.4 is 0 Å². The van der Waals surface area contributed by atoms with Gasteiger partial charge in [0.05, 0.1) is 21.2 Å². The van der Waals surface area contributed by atoms with E-state index in [0.717, 1.165) is 22.5 Å². The second-order valence-electron chi connectivity index (χ2n) is 16.2. The molecular weight excluding hydrogens is 872 g/mol. The van der Waals surface area contributed by atoms with Gasteiger partial charge in [0, 0.05) is 12.4 Å². The van der Waals surface area contributed by atoms with Gasteiger partial charge in [-0.1, -0.05) is 147 Å². The Bertz CT molecular complexity index is 2490. The smallest absolute Gasteiger partial charge is 0.572 e. The van der Waals surface area contributed by atoms with Gasteiger partial charge in [-0.15, -0.1) is 11.4 Å². The van der Waals surface area contributed by atoms with E-state index in [0.29, 0.717) is 34.3 Å². The molecule has 1 radical (unpaired) electrons. The monoisotopic (exact) mass is 925 g/mol. The van der Waals surface area contributed by atoms with Crippen LogP contribution in [0.15, 0.2) is 165 Å². The summed E-state index contributed by atoms with van der Waals surface area (Å²) in [6, 6.07) is 44.5. The second-order valence-corrected chi connectivity index (χ2v) is 19.5.